The zero-order chi connectivity index (χ0) is 23.5. The van der Waals surface area contributed by atoms with E-state index in [9.17, 15) is 19.5 Å². The summed E-state index contributed by atoms with van der Waals surface area (Å²) in [4.78, 5) is 38.7. The molecule has 2 aliphatic rings. The van der Waals surface area contributed by atoms with Crippen LogP contribution in [0, 0.1) is 11.8 Å². The first-order valence-electron chi connectivity index (χ1n) is 11.5. The Hall–Kier alpha value is -3.35. The third-order valence-electron chi connectivity index (χ3n) is 6.63. The van der Waals surface area contributed by atoms with Crippen molar-refractivity contribution in [3.05, 3.63) is 59.7 Å². The van der Waals surface area contributed by atoms with Crippen LogP contribution in [0.2, 0.25) is 0 Å². The fourth-order valence-electron chi connectivity index (χ4n) is 4.86. The lowest BCUT2D eigenvalue weighted by Gasteiger charge is -2.34. The molecule has 0 bridgehead atoms. The molecule has 174 valence electrons. The number of rotatable bonds is 6. The van der Waals surface area contributed by atoms with Crippen molar-refractivity contribution in [2.45, 2.75) is 38.6 Å². The highest BCUT2D eigenvalue weighted by Gasteiger charge is 2.35. The van der Waals surface area contributed by atoms with Crippen LogP contribution in [0.25, 0.3) is 11.1 Å². The number of carboxylic acids is 1. The molecule has 2 amide bonds. The third-order valence-corrected chi connectivity index (χ3v) is 6.63. The number of hydrogen-bond donors (Lipinski definition) is 2. The summed E-state index contributed by atoms with van der Waals surface area (Å²) in [6.45, 7) is 4.54. The maximum atomic E-state index is 13.1. The van der Waals surface area contributed by atoms with Gasteiger partial charge in [0.1, 0.15) is 12.6 Å². The molecule has 2 atom stereocenters. The van der Waals surface area contributed by atoms with E-state index in [0.717, 1.165) is 22.3 Å². The Morgan fingerprint density at radius 1 is 1.06 bits per heavy atom. The van der Waals surface area contributed by atoms with E-state index < -0.39 is 24.0 Å². The molecule has 0 saturated carbocycles. The Labute approximate surface area is 193 Å². The second kappa shape index (κ2) is 9.65. The van der Waals surface area contributed by atoms with Crippen molar-refractivity contribution in [2.24, 2.45) is 11.8 Å². The Kier molecular flexibility index (Phi) is 6.67. The van der Waals surface area contributed by atoms with Gasteiger partial charge in [0.05, 0.1) is 5.92 Å². The number of aliphatic carboxylic acids is 1. The van der Waals surface area contributed by atoms with Gasteiger partial charge in [0, 0.05) is 19.0 Å². The second-order valence-corrected chi connectivity index (χ2v) is 9.15. The minimum Gasteiger partial charge on any atom is -0.481 e. The molecule has 0 unspecified atom stereocenters. The number of carbonyl (C=O) groups excluding carboxylic acids is 2. The van der Waals surface area contributed by atoms with Gasteiger partial charge in [-0.05, 0) is 41.0 Å². The van der Waals surface area contributed by atoms with E-state index in [0.29, 0.717) is 19.4 Å². The van der Waals surface area contributed by atoms with Gasteiger partial charge in [0.2, 0.25) is 5.91 Å². The topological polar surface area (TPSA) is 95.9 Å². The van der Waals surface area contributed by atoms with E-state index in [1.54, 1.807) is 4.90 Å². The SMILES string of the molecule is CC(C)[C@@H](NC(=O)OCC1c2ccccc2-c2ccccc21)C(=O)N1CCC[C@H](C(=O)O)C1. The van der Waals surface area contributed by atoms with Gasteiger partial charge in [-0.2, -0.15) is 0 Å². The highest BCUT2D eigenvalue weighted by molar-refractivity contribution is 5.86. The van der Waals surface area contributed by atoms with E-state index in [4.69, 9.17) is 4.74 Å². The molecule has 0 aromatic heterocycles. The van der Waals surface area contributed by atoms with Crippen LogP contribution in [0.15, 0.2) is 48.5 Å². The molecule has 0 radical (unpaired) electrons. The summed E-state index contributed by atoms with van der Waals surface area (Å²) in [5.74, 6) is -1.94. The Morgan fingerprint density at radius 2 is 1.67 bits per heavy atom. The molecule has 7 heteroatoms. The van der Waals surface area contributed by atoms with Crippen molar-refractivity contribution in [2.75, 3.05) is 19.7 Å². The zero-order valence-corrected chi connectivity index (χ0v) is 19.0. The lowest BCUT2D eigenvalue weighted by Crippen LogP contribution is -2.54. The van der Waals surface area contributed by atoms with Crippen LogP contribution in [0.4, 0.5) is 4.79 Å². The fraction of sp³-hybridized carbons (Fsp3) is 0.423. The molecule has 2 aromatic carbocycles. The van der Waals surface area contributed by atoms with Gasteiger partial charge in [0.25, 0.3) is 0 Å². The fourth-order valence-corrected chi connectivity index (χ4v) is 4.86. The molecule has 1 heterocycles. The molecule has 1 aliphatic carbocycles. The second-order valence-electron chi connectivity index (χ2n) is 9.15. The average molecular weight is 451 g/mol. The van der Waals surface area contributed by atoms with Gasteiger partial charge >= 0.3 is 12.1 Å². The molecule has 1 fully saturated rings. The van der Waals surface area contributed by atoms with Crippen molar-refractivity contribution < 1.29 is 24.2 Å². The standard InChI is InChI=1S/C26H30N2O5/c1-16(2)23(24(29)28-13-7-8-17(14-28)25(30)31)27-26(32)33-15-22-20-11-5-3-9-18(20)19-10-4-6-12-21(19)22/h3-6,9-12,16-17,22-23H,7-8,13-15H2,1-2H3,(H,27,32)(H,30,31)/t17-,23+/m0/s1. The van der Waals surface area contributed by atoms with Gasteiger partial charge in [0.15, 0.2) is 0 Å². The molecular weight excluding hydrogens is 420 g/mol. The average Bonchev–Trinajstić information content (AvgIpc) is 3.14. The molecule has 7 nitrogen and oxygen atoms in total. The Balaban J connectivity index is 1.41. The quantitative estimate of drug-likeness (QED) is 0.697. The molecule has 0 spiro atoms. The first-order chi connectivity index (χ1) is 15.9. The van der Waals surface area contributed by atoms with Crippen molar-refractivity contribution in [3.63, 3.8) is 0 Å². The first kappa shape index (κ1) is 22.8. The minimum atomic E-state index is -0.891. The summed E-state index contributed by atoms with van der Waals surface area (Å²) in [5, 5.41) is 12.0. The lowest BCUT2D eigenvalue weighted by atomic mass is 9.96. The van der Waals surface area contributed by atoms with Crippen LogP contribution >= 0.6 is 0 Å². The van der Waals surface area contributed by atoms with Crippen molar-refractivity contribution in [3.8, 4) is 11.1 Å². The van der Waals surface area contributed by atoms with E-state index in [1.807, 2.05) is 38.1 Å². The van der Waals surface area contributed by atoms with Gasteiger partial charge < -0.3 is 20.1 Å². The molecule has 2 aromatic rings. The summed E-state index contributed by atoms with van der Waals surface area (Å²) in [6.07, 6.45) is 0.555. The predicted molar refractivity (Wildman–Crippen MR) is 124 cm³/mol. The summed E-state index contributed by atoms with van der Waals surface area (Å²) in [7, 11) is 0. The van der Waals surface area contributed by atoms with Gasteiger partial charge in [-0.25, -0.2) is 4.79 Å². The van der Waals surface area contributed by atoms with Crippen LogP contribution in [0.1, 0.15) is 43.7 Å². The normalized spacial score (nSPS) is 18.4. The van der Waals surface area contributed by atoms with Gasteiger partial charge in [-0.15, -0.1) is 0 Å². The Bertz CT molecular complexity index is 1000. The number of fused-ring (bicyclic) bond motifs is 3. The number of hydrogen-bond acceptors (Lipinski definition) is 4. The maximum absolute atomic E-state index is 13.1. The molecule has 4 rings (SSSR count). The smallest absolute Gasteiger partial charge is 0.407 e. The highest BCUT2D eigenvalue weighted by Crippen LogP contribution is 2.44. The van der Waals surface area contributed by atoms with Gasteiger partial charge in [-0.1, -0.05) is 62.4 Å². The number of nitrogens with zero attached hydrogens (tertiary/aromatic N) is 1. The summed E-state index contributed by atoms with van der Waals surface area (Å²) in [5.41, 5.74) is 4.54. The van der Waals surface area contributed by atoms with Crippen LogP contribution in [-0.4, -0.2) is 53.7 Å². The lowest BCUT2D eigenvalue weighted by molar-refractivity contribution is -0.146. The van der Waals surface area contributed by atoms with Crippen LogP contribution < -0.4 is 5.32 Å². The number of amides is 2. The van der Waals surface area contributed by atoms with E-state index in [-0.39, 0.29) is 30.9 Å². The molecule has 33 heavy (non-hydrogen) atoms. The summed E-state index contributed by atoms with van der Waals surface area (Å²) >= 11 is 0. The maximum Gasteiger partial charge on any atom is 0.407 e. The van der Waals surface area contributed by atoms with Gasteiger partial charge in [-0.3, -0.25) is 9.59 Å². The van der Waals surface area contributed by atoms with Crippen LogP contribution in [0.5, 0.6) is 0 Å². The highest BCUT2D eigenvalue weighted by atomic mass is 16.5. The van der Waals surface area contributed by atoms with Crippen molar-refractivity contribution >= 4 is 18.0 Å². The molecule has 1 aliphatic heterocycles. The van der Waals surface area contributed by atoms with E-state index in [1.165, 1.54) is 0 Å². The summed E-state index contributed by atoms with van der Waals surface area (Å²) < 4.78 is 5.60. The first-order valence-corrected chi connectivity index (χ1v) is 11.5. The number of benzene rings is 2. The number of carbonyl (C=O) groups is 3. The van der Waals surface area contributed by atoms with Crippen molar-refractivity contribution in [1.29, 1.82) is 0 Å². The molecule has 2 N–H and O–H groups in total. The zero-order valence-electron chi connectivity index (χ0n) is 19.0. The number of nitrogens with one attached hydrogen (secondary N) is 1. The third kappa shape index (κ3) is 4.72. The van der Waals surface area contributed by atoms with Crippen LogP contribution in [0.3, 0.4) is 0 Å². The van der Waals surface area contributed by atoms with Crippen LogP contribution in [-0.2, 0) is 14.3 Å². The number of likely N-dealkylation sites (tertiary alicyclic amines) is 1. The number of piperidine rings is 1. The van der Waals surface area contributed by atoms with E-state index >= 15 is 0 Å². The largest absolute Gasteiger partial charge is 0.481 e. The van der Waals surface area contributed by atoms with E-state index in [2.05, 4.69) is 29.6 Å². The van der Waals surface area contributed by atoms with Crippen molar-refractivity contribution in [1.82, 2.24) is 10.2 Å². The number of ether oxygens (including phenoxy) is 1. The molecule has 1 saturated heterocycles. The molecular formula is C26H30N2O5. The number of carboxylic acid groups (broad SMARTS) is 1. The summed E-state index contributed by atoms with van der Waals surface area (Å²) in [6, 6.07) is 15.4. The minimum absolute atomic E-state index is 0.0604. The monoisotopic (exact) mass is 450 g/mol. The Morgan fingerprint density at radius 3 is 2.24 bits per heavy atom. The number of alkyl carbamates (subject to hydrolysis) is 1. The predicted octanol–water partition coefficient (Wildman–Crippen LogP) is 3.87.